The van der Waals surface area contributed by atoms with Gasteiger partial charge in [-0.25, -0.2) is 0 Å². The molecule has 2 aromatic rings. The van der Waals surface area contributed by atoms with Crippen LogP contribution in [0.15, 0.2) is 39.3 Å². The van der Waals surface area contributed by atoms with Gasteiger partial charge in [0.25, 0.3) is 0 Å². The molecule has 70 valence electrons. The fourth-order valence-electron chi connectivity index (χ4n) is 1.33. The number of carbonyl (C=O) groups is 1. The highest BCUT2D eigenvalue weighted by Crippen LogP contribution is 2.28. The number of benzene rings is 2. The number of aldehydes is 1. The molecule has 2 aromatic carbocycles. The molecular weight excluding hydrogens is 308 g/mol. The molecule has 0 aliphatic rings. The smallest absolute Gasteiger partial charge is 0.150 e. The van der Waals surface area contributed by atoms with E-state index in [1.165, 1.54) is 0 Å². The van der Waals surface area contributed by atoms with Crippen molar-refractivity contribution in [3.63, 3.8) is 0 Å². The van der Waals surface area contributed by atoms with E-state index in [1.54, 1.807) is 0 Å². The van der Waals surface area contributed by atoms with Crippen molar-refractivity contribution in [2.24, 2.45) is 0 Å². The van der Waals surface area contributed by atoms with Crippen molar-refractivity contribution in [3.05, 3.63) is 44.8 Å². The molecule has 0 atom stereocenters. The van der Waals surface area contributed by atoms with Crippen molar-refractivity contribution in [2.45, 2.75) is 0 Å². The van der Waals surface area contributed by atoms with Crippen LogP contribution in [0.5, 0.6) is 0 Å². The summed E-state index contributed by atoms with van der Waals surface area (Å²) in [6.07, 6.45) is 0.857. The molecule has 0 bridgehead atoms. The largest absolute Gasteiger partial charge is 0.298 e. The third-order valence-electron chi connectivity index (χ3n) is 2.04. The SMILES string of the molecule is O=Cc1ccc2cc(Br)c(Br)cc2c1. The van der Waals surface area contributed by atoms with Gasteiger partial charge in [-0.15, -0.1) is 0 Å². The minimum Gasteiger partial charge on any atom is -0.298 e. The summed E-state index contributed by atoms with van der Waals surface area (Å²) in [5.74, 6) is 0. The average molecular weight is 314 g/mol. The van der Waals surface area contributed by atoms with Crippen LogP contribution >= 0.6 is 31.9 Å². The van der Waals surface area contributed by atoms with Crippen LogP contribution in [0.2, 0.25) is 0 Å². The predicted molar refractivity (Wildman–Crippen MR) is 64.7 cm³/mol. The third kappa shape index (κ3) is 1.74. The summed E-state index contributed by atoms with van der Waals surface area (Å²) in [5, 5.41) is 2.18. The topological polar surface area (TPSA) is 17.1 Å². The number of hydrogen-bond acceptors (Lipinski definition) is 1. The molecule has 0 saturated carbocycles. The molecule has 0 amide bonds. The number of fused-ring (bicyclic) bond motifs is 1. The minimum atomic E-state index is 0.701. The van der Waals surface area contributed by atoms with E-state index >= 15 is 0 Å². The summed E-state index contributed by atoms with van der Waals surface area (Å²) in [7, 11) is 0. The Labute approximate surface area is 98.4 Å². The van der Waals surface area contributed by atoms with Crippen LogP contribution in [-0.4, -0.2) is 6.29 Å². The molecule has 14 heavy (non-hydrogen) atoms. The summed E-state index contributed by atoms with van der Waals surface area (Å²) in [5.41, 5.74) is 0.701. The van der Waals surface area contributed by atoms with Crippen molar-refractivity contribution < 1.29 is 4.79 Å². The Balaban J connectivity index is 2.76. The van der Waals surface area contributed by atoms with E-state index in [0.717, 1.165) is 26.0 Å². The fraction of sp³-hybridized carbons (Fsp3) is 0. The first kappa shape index (κ1) is 9.87. The maximum atomic E-state index is 10.6. The van der Waals surface area contributed by atoms with Crippen molar-refractivity contribution in [1.82, 2.24) is 0 Å². The first-order valence-electron chi connectivity index (χ1n) is 4.05. The number of carbonyl (C=O) groups excluding carboxylic acids is 1. The molecule has 0 heterocycles. The standard InChI is InChI=1S/C11H6Br2O/c12-10-4-8-2-1-7(6-14)3-9(8)5-11(10)13/h1-6H. The highest BCUT2D eigenvalue weighted by molar-refractivity contribution is 9.13. The van der Waals surface area contributed by atoms with E-state index in [9.17, 15) is 4.79 Å². The third-order valence-corrected chi connectivity index (χ3v) is 3.88. The molecule has 0 unspecified atom stereocenters. The van der Waals surface area contributed by atoms with Crippen molar-refractivity contribution >= 4 is 48.9 Å². The van der Waals surface area contributed by atoms with Gasteiger partial charge in [0.2, 0.25) is 0 Å². The van der Waals surface area contributed by atoms with Crippen LogP contribution in [0, 0.1) is 0 Å². The zero-order chi connectivity index (χ0) is 10.1. The molecule has 0 spiro atoms. The average Bonchev–Trinajstić information content (AvgIpc) is 2.19. The van der Waals surface area contributed by atoms with E-state index in [4.69, 9.17) is 0 Å². The second-order valence-electron chi connectivity index (χ2n) is 2.99. The summed E-state index contributed by atoms with van der Waals surface area (Å²) < 4.78 is 2.01. The van der Waals surface area contributed by atoms with Gasteiger partial charge >= 0.3 is 0 Å². The van der Waals surface area contributed by atoms with Gasteiger partial charge in [0.05, 0.1) is 0 Å². The molecule has 3 heteroatoms. The van der Waals surface area contributed by atoms with Gasteiger partial charge in [0, 0.05) is 14.5 Å². The number of hydrogen-bond donors (Lipinski definition) is 0. The Morgan fingerprint density at radius 3 is 2.21 bits per heavy atom. The normalized spacial score (nSPS) is 10.4. The molecule has 0 saturated heterocycles. The first-order chi connectivity index (χ1) is 6.70. The molecule has 0 radical (unpaired) electrons. The highest BCUT2D eigenvalue weighted by Gasteiger charge is 2.00. The lowest BCUT2D eigenvalue weighted by atomic mass is 10.1. The molecule has 1 nitrogen and oxygen atoms in total. The van der Waals surface area contributed by atoms with Crippen LogP contribution in [-0.2, 0) is 0 Å². The first-order valence-corrected chi connectivity index (χ1v) is 5.63. The lowest BCUT2D eigenvalue weighted by Crippen LogP contribution is -1.80. The van der Waals surface area contributed by atoms with Crippen molar-refractivity contribution in [1.29, 1.82) is 0 Å². The molecule has 0 N–H and O–H groups in total. The van der Waals surface area contributed by atoms with E-state index in [-0.39, 0.29) is 0 Å². The summed E-state index contributed by atoms with van der Waals surface area (Å²) in [4.78, 5) is 10.6. The van der Waals surface area contributed by atoms with Gasteiger partial charge < -0.3 is 0 Å². The van der Waals surface area contributed by atoms with E-state index in [0.29, 0.717) is 5.56 Å². The van der Waals surface area contributed by atoms with Crippen LogP contribution < -0.4 is 0 Å². The highest BCUT2D eigenvalue weighted by atomic mass is 79.9. The molecule has 0 aromatic heterocycles. The number of rotatable bonds is 1. The molecule has 0 aliphatic heterocycles. The molecule has 2 rings (SSSR count). The van der Waals surface area contributed by atoms with Crippen LogP contribution in [0.25, 0.3) is 10.8 Å². The summed E-state index contributed by atoms with van der Waals surface area (Å²) in [6, 6.07) is 9.64. The maximum absolute atomic E-state index is 10.6. The Morgan fingerprint density at radius 2 is 1.57 bits per heavy atom. The van der Waals surface area contributed by atoms with Gasteiger partial charge in [-0.05, 0) is 60.8 Å². The van der Waals surface area contributed by atoms with Crippen molar-refractivity contribution in [3.8, 4) is 0 Å². The van der Waals surface area contributed by atoms with Crippen LogP contribution in [0.3, 0.4) is 0 Å². The molecule has 0 aliphatic carbocycles. The summed E-state index contributed by atoms with van der Waals surface area (Å²) in [6.45, 7) is 0. The lowest BCUT2D eigenvalue weighted by molar-refractivity contribution is 0.112. The Hall–Kier alpha value is -0.670. The summed E-state index contributed by atoms with van der Waals surface area (Å²) >= 11 is 6.86. The van der Waals surface area contributed by atoms with Gasteiger partial charge in [-0.3, -0.25) is 4.79 Å². The van der Waals surface area contributed by atoms with E-state index < -0.39 is 0 Å². The van der Waals surface area contributed by atoms with Crippen molar-refractivity contribution in [2.75, 3.05) is 0 Å². The number of halogens is 2. The van der Waals surface area contributed by atoms with Gasteiger partial charge in [0.15, 0.2) is 0 Å². The second kappa shape index (κ2) is 3.83. The Morgan fingerprint density at radius 1 is 0.929 bits per heavy atom. The van der Waals surface area contributed by atoms with Gasteiger partial charge in [0.1, 0.15) is 6.29 Å². The zero-order valence-corrected chi connectivity index (χ0v) is 10.3. The maximum Gasteiger partial charge on any atom is 0.150 e. The Bertz CT molecular complexity index is 506. The van der Waals surface area contributed by atoms with Crippen LogP contribution in [0.4, 0.5) is 0 Å². The second-order valence-corrected chi connectivity index (χ2v) is 4.70. The van der Waals surface area contributed by atoms with E-state index in [2.05, 4.69) is 31.9 Å². The lowest BCUT2D eigenvalue weighted by Gasteiger charge is -2.01. The molecular formula is C11H6Br2O. The van der Waals surface area contributed by atoms with Gasteiger partial charge in [-0.2, -0.15) is 0 Å². The predicted octanol–water partition coefficient (Wildman–Crippen LogP) is 4.18. The molecule has 0 fully saturated rings. The monoisotopic (exact) mass is 312 g/mol. The Kier molecular flexibility index (Phi) is 2.70. The van der Waals surface area contributed by atoms with Gasteiger partial charge in [-0.1, -0.05) is 12.1 Å². The van der Waals surface area contributed by atoms with E-state index in [1.807, 2.05) is 30.3 Å². The quantitative estimate of drug-likeness (QED) is 0.722. The zero-order valence-electron chi connectivity index (χ0n) is 7.13. The fourth-order valence-corrected chi connectivity index (χ4v) is 2.06. The van der Waals surface area contributed by atoms with Crippen LogP contribution in [0.1, 0.15) is 10.4 Å². The minimum absolute atomic E-state index is 0.701.